The van der Waals surface area contributed by atoms with Gasteiger partial charge in [0.2, 0.25) is 5.91 Å². The maximum Gasteiger partial charge on any atom is 0.244 e. The Morgan fingerprint density at radius 2 is 1.93 bits per heavy atom. The van der Waals surface area contributed by atoms with Crippen molar-refractivity contribution in [1.82, 2.24) is 10.3 Å². The second-order valence-corrected chi connectivity index (χ2v) is 7.63. The summed E-state index contributed by atoms with van der Waals surface area (Å²) in [6, 6.07) is 7.68. The van der Waals surface area contributed by atoms with E-state index in [4.69, 9.17) is 10.5 Å². The van der Waals surface area contributed by atoms with Crippen LogP contribution in [0.15, 0.2) is 30.5 Å². The van der Waals surface area contributed by atoms with Crippen molar-refractivity contribution in [2.24, 2.45) is 0 Å². The predicted octanol–water partition coefficient (Wildman–Crippen LogP) is 3.72. The van der Waals surface area contributed by atoms with Crippen molar-refractivity contribution in [1.29, 1.82) is 0 Å². The smallest absolute Gasteiger partial charge is 0.244 e. The molecule has 0 aliphatic heterocycles. The van der Waals surface area contributed by atoms with Crippen molar-refractivity contribution in [3.05, 3.63) is 47.2 Å². The van der Waals surface area contributed by atoms with E-state index in [1.165, 1.54) is 0 Å². The third-order valence-corrected chi connectivity index (χ3v) is 5.73. The van der Waals surface area contributed by atoms with Gasteiger partial charge in [-0.25, -0.2) is 4.98 Å². The lowest BCUT2D eigenvalue weighted by Crippen LogP contribution is -2.55. The molecule has 0 radical (unpaired) electrons. The Hall–Kier alpha value is -2.60. The lowest BCUT2D eigenvalue weighted by Gasteiger charge is -2.37. The second-order valence-electron chi connectivity index (χ2n) is 7.63. The Bertz CT molecular complexity index is 824. The first kappa shape index (κ1) is 20.1. The van der Waals surface area contributed by atoms with Gasteiger partial charge in [0.05, 0.1) is 12.6 Å². The number of nitrogens with zero attached hydrogens (tertiary/aromatic N) is 1. The van der Waals surface area contributed by atoms with Crippen LogP contribution in [0.25, 0.3) is 0 Å². The Labute approximate surface area is 166 Å². The van der Waals surface area contributed by atoms with Crippen molar-refractivity contribution in [2.75, 3.05) is 18.2 Å². The molecule has 4 N–H and O–H groups in total. The van der Waals surface area contributed by atoms with Gasteiger partial charge in [0.25, 0.3) is 0 Å². The molecule has 1 heterocycles. The molecule has 1 aromatic heterocycles. The van der Waals surface area contributed by atoms with Crippen molar-refractivity contribution in [2.45, 2.75) is 58.0 Å². The monoisotopic (exact) mass is 382 g/mol. The van der Waals surface area contributed by atoms with Crippen LogP contribution in [0.1, 0.15) is 48.8 Å². The van der Waals surface area contributed by atoms with Gasteiger partial charge >= 0.3 is 0 Å². The van der Waals surface area contributed by atoms with Crippen molar-refractivity contribution in [3.8, 4) is 5.75 Å². The summed E-state index contributed by atoms with van der Waals surface area (Å²) >= 11 is 0. The average molecular weight is 383 g/mol. The van der Waals surface area contributed by atoms with Gasteiger partial charge in [-0.15, -0.1) is 0 Å². The number of methoxy groups -OCH3 is 1. The minimum absolute atomic E-state index is 0.00165. The molecule has 28 heavy (non-hydrogen) atoms. The lowest BCUT2D eigenvalue weighted by atomic mass is 9.80. The molecule has 3 rings (SSSR count). The first-order chi connectivity index (χ1) is 13.4. The highest BCUT2D eigenvalue weighted by Gasteiger charge is 2.39. The number of benzene rings is 1. The molecule has 0 saturated heterocycles. The maximum absolute atomic E-state index is 13.3. The lowest BCUT2D eigenvalue weighted by molar-refractivity contribution is -0.123. The SMILES string of the molecule is COc1cc(NC(=O)C2(NCc3c(C)ccnc3N)CCCCC2)ccc1C. The van der Waals surface area contributed by atoms with Crippen LogP contribution in [0, 0.1) is 13.8 Å². The van der Waals surface area contributed by atoms with E-state index in [-0.39, 0.29) is 5.91 Å². The molecular formula is C22H30N4O2. The van der Waals surface area contributed by atoms with Gasteiger partial charge < -0.3 is 15.8 Å². The zero-order chi connectivity index (χ0) is 20.1. The summed E-state index contributed by atoms with van der Waals surface area (Å²) in [4.78, 5) is 17.5. The summed E-state index contributed by atoms with van der Waals surface area (Å²) in [6.07, 6.45) is 6.53. The topological polar surface area (TPSA) is 89.3 Å². The molecule has 0 unspecified atom stereocenters. The first-order valence-corrected chi connectivity index (χ1v) is 9.86. The van der Waals surface area contributed by atoms with Gasteiger partial charge in [-0.2, -0.15) is 0 Å². The zero-order valence-electron chi connectivity index (χ0n) is 17.0. The van der Waals surface area contributed by atoms with E-state index < -0.39 is 5.54 Å². The molecule has 2 aromatic rings. The van der Waals surface area contributed by atoms with Gasteiger partial charge in [0.1, 0.15) is 11.6 Å². The molecule has 6 nitrogen and oxygen atoms in total. The summed E-state index contributed by atoms with van der Waals surface area (Å²) in [7, 11) is 1.64. The van der Waals surface area contributed by atoms with Crippen LogP contribution in [0.4, 0.5) is 11.5 Å². The molecule has 1 saturated carbocycles. The average Bonchev–Trinajstić information content (AvgIpc) is 2.69. The molecule has 1 aliphatic carbocycles. The molecule has 6 heteroatoms. The summed E-state index contributed by atoms with van der Waals surface area (Å²) in [5.74, 6) is 1.28. The van der Waals surface area contributed by atoms with Crippen LogP contribution >= 0.6 is 0 Å². The fourth-order valence-electron chi connectivity index (χ4n) is 3.89. The largest absolute Gasteiger partial charge is 0.496 e. The number of pyridine rings is 1. The Kier molecular flexibility index (Phi) is 6.19. The summed E-state index contributed by atoms with van der Waals surface area (Å²) in [5, 5.41) is 6.62. The van der Waals surface area contributed by atoms with Gasteiger partial charge in [0, 0.05) is 30.1 Å². The number of anilines is 2. The first-order valence-electron chi connectivity index (χ1n) is 9.86. The van der Waals surface area contributed by atoms with Crippen molar-refractivity contribution >= 4 is 17.4 Å². The number of carbonyl (C=O) groups excluding carboxylic acids is 1. The quantitative estimate of drug-likeness (QED) is 0.708. The van der Waals surface area contributed by atoms with E-state index >= 15 is 0 Å². The van der Waals surface area contributed by atoms with Crippen LogP contribution in [-0.4, -0.2) is 23.5 Å². The van der Waals surface area contributed by atoms with Gasteiger partial charge in [-0.05, 0) is 49.9 Å². The third-order valence-electron chi connectivity index (χ3n) is 5.73. The van der Waals surface area contributed by atoms with E-state index in [9.17, 15) is 4.79 Å². The molecule has 1 aliphatic rings. The number of aryl methyl sites for hydroxylation is 2. The number of hydrogen-bond acceptors (Lipinski definition) is 5. The number of nitrogen functional groups attached to an aromatic ring is 1. The fourth-order valence-corrected chi connectivity index (χ4v) is 3.89. The molecule has 1 fully saturated rings. The van der Waals surface area contributed by atoms with Crippen LogP contribution < -0.4 is 21.1 Å². The van der Waals surface area contributed by atoms with E-state index in [1.54, 1.807) is 13.3 Å². The molecule has 0 bridgehead atoms. The van der Waals surface area contributed by atoms with Crippen LogP contribution in [0.5, 0.6) is 5.75 Å². The standard InChI is InChI=1S/C22H30N4O2/c1-15-9-12-24-20(23)18(15)14-25-22(10-5-4-6-11-22)21(27)26-17-8-7-16(2)19(13-17)28-3/h7-9,12-13,25H,4-6,10-11,14H2,1-3H3,(H2,23,24)(H,26,27). The van der Waals surface area contributed by atoms with Crippen molar-refractivity contribution < 1.29 is 9.53 Å². The minimum Gasteiger partial charge on any atom is -0.496 e. The minimum atomic E-state index is -0.606. The molecule has 1 amide bonds. The molecule has 0 spiro atoms. The number of ether oxygens (including phenoxy) is 1. The highest BCUT2D eigenvalue weighted by atomic mass is 16.5. The summed E-state index contributed by atoms with van der Waals surface area (Å²) < 4.78 is 5.38. The molecule has 0 atom stereocenters. The van der Waals surface area contributed by atoms with E-state index in [1.807, 2.05) is 38.1 Å². The number of rotatable bonds is 6. The number of nitrogens with two attached hydrogens (primary N) is 1. The number of hydrogen-bond donors (Lipinski definition) is 3. The number of aromatic nitrogens is 1. The number of nitrogens with one attached hydrogen (secondary N) is 2. The van der Waals surface area contributed by atoms with Crippen LogP contribution in [0.3, 0.4) is 0 Å². The molecule has 1 aromatic carbocycles. The van der Waals surface area contributed by atoms with Crippen LogP contribution in [-0.2, 0) is 11.3 Å². The van der Waals surface area contributed by atoms with Crippen LogP contribution in [0.2, 0.25) is 0 Å². The number of carbonyl (C=O) groups is 1. The van der Waals surface area contributed by atoms with Gasteiger partial charge in [-0.3, -0.25) is 10.1 Å². The van der Waals surface area contributed by atoms with E-state index in [0.717, 1.165) is 60.2 Å². The predicted molar refractivity (Wildman–Crippen MR) is 112 cm³/mol. The number of amides is 1. The Morgan fingerprint density at radius 3 is 2.61 bits per heavy atom. The van der Waals surface area contributed by atoms with Gasteiger partial charge in [-0.1, -0.05) is 25.3 Å². The highest BCUT2D eigenvalue weighted by Crippen LogP contribution is 2.31. The second kappa shape index (κ2) is 8.61. The zero-order valence-corrected chi connectivity index (χ0v) is 17.0. The normalized spacial score (nSPS) is 15.8. The maximum atomic E-state index is 13.3. The summed E-state index contributed by atoms with van der Waals surface area (Å²) in [5.41, 5.74) is 9.27. The third kappa shape index (κ3) is 4.28. The fraction of sp³-hybridized carbons (Fsp3) is 0.455. The molecular weight excluding hydrogens is 352 g/mol. The van der Waals surface area contributed by atoms with E-state index in [0.29, 0.717) is 12.4 Å². The highest BCUT2D eigenvalue weighted by molar-refractivity contribution is 5.98. The van der Waals surface area contributed by atoms with E-state index in [2.05, 4.69) is 15.6 Å². The Morgan fingerprint density at radius 1 is 1.18 bits per heavy atom. The van der Waals surface area contributed by atoms with Crippen molar-refractivity contribution in [3.63, 3.8) is 0 Å². The van der Waals surface area contributed by atoms with Gasteiger partial charge in [0.15, 0.2) is 0 Å². The Balaban J connectivity index is 1.79. The summed E-state index contributed by atoms with van der Waals surface area (Å²) in [6.45, 7) is 4.52. The molecule has 150 valence electrons.